The normalized spacial score (nSPS) is 10.8. The highest BCUT2D eigenvalue weighted by molar-refractivity contribution is 5.75. The molecule has 0 N–H and O–H groups in total. The van der Waals surface area contributed by atoms with E-state index in [1.54, 1.807) is 7.11 Å². The van der Waals surface area contributed by atoms with Gasteiger partial charge in [0.2, 0.25) is 0 Å². The fraction of sp³-hybridized carbons (Fsp3) is 0.179. The average molecular weight is 396 g/mol. The Bertz CT molecular complexity index is 950. The maximum Gasteiger partial charge on any atom is 0.361 e. The van der Waals surface area contributed by atoms with Gasteiger partial charge in [0.25, 0.3) is 0 Å². The molecule has 0 aliphatic heterocycles. The fourth-order valence-corrected chi connectivity index (χ4v) is 3.55. The zero-order chi connectivity index (χ0) is 20.9. The van der Waals surface area contributed by atoms with Crippen LogP contribution >= 0.6 is 0 Å². The van der Waals surface area contributed by atoms with Gasteiger partial charge in [0.1, 0.15) is 5.75 Å². The van der Waals surface area contributed by atoms with Gasteiger partial charge in [-0.15, -0.1) is 0 Å². The van der Waals surface area contributed by atoms with Gasteiger partial charge in [0.15, 0.2) is 0 Å². The standard InChI is InChI=1S/C28H27O2/c1-4-20-6-10-23(11-7-20)27-18-25(22-14-16-26(29-3)17-15-22)19-28(30-27)24-12-8-21(5-2)9-13-24/h6-19H,4-5H2,1-3H3/q+1. The summed E-state index contributed by atoms with van der Waals surface area (Å²) >= 11 is 0. The average Bonchev–Trinajstić information content (AvgIpc) is 2.84. The van der Waals surface area contributed by atoms with Gasteiger partial charge in [-0.05, 0) is 65.9 Å². The SMILES string of the molecule is CCc1ccc(-c2cc(-c3ccc(OC)cc3)cc(-c3ccc(CC)cc3)[o+]2)cc1. The first kappa shape index (κ1) is 19.9. The Morgan fingerprint density at radius 2 is 1.00 bits per heavy atom. The van der Waals surface area contributed by atoms with Crippen LogP contribution in [0.15, 0.2) is 89.3 Å². The second-order valence-electron chi connectivity index (χ2n) is 7.40. The number of methoxy groups -OCH3 is 1. The zero-order valence-electron chi connectivity index (χ0n) is 17.8. The second kappa shape index (κ2) is 8.96. The molecule has 0 aliphatic rings. The van der Waals surface area contributed by atoms with Crippen LogP contribution < -0.4 is 4.74 Å². The minimum atomic E-state index is 0.852. The molecule has 0 atom stereocenters. The van der Waals surface area contributed by atoms with Crippen molar-refractivity contribution in [2.24, 2.45) is 0 Å². The molecule has 0 saturated carbocycles. The summed E-state index contributed by atoms with van der Waals surface area (Å²) in [6.07, 6.45) is 2.05. The monoisotopic (exact) mass is 395 g/mol. The highest BCUT2D eigenvalue weighted by Crippen LogP contribution is 2.33. The molecule has 1 aromatic heterocycles. The number of hydrogen-bond donors (Lipinski definition) is 0. The van der Waals surface area contributed by atoms with Crippen LogP contribution in [0.2, 0.25) is 0 Å². The summed E-state index contributed by atoms with van der Waals surface area (Å²) in [5, 5.41) is 0. The molecule has 4 rings (SSSR count). The summed E-state index contributed by atoms with van der Waals surface area (Å²) in [7, 11) is 1.69. The van der Waals surface area contributed by atoms with Crippen LogP contribution in [-0.2, 0) is 12.8 Å². The first-order valence-corrected chi connectivity index (χ1v) is 10.5. The van der Waals surface area contributed by atoms with Crippen molar-refractivity contribution in [1.29, 1.82) is 0 Å². The largest absolute Gasteiger partial charge is 0.497 e. The second-order valence-corrected chi connectivity index (χ2v) is 7.40. The molecular weight excluding hydrogens is 368 g/mol. The maximum absolute atomic E-state index is 6.38. The van der Waals surface area contributed by atoms with Gasteiger partial charge >= 0.3 is 11.5 Å². The van der Waals surface area contributed by atoms with E-state index in [1.165, 1.54) is 11.1 Å². The summed E-state index contributed by atoms with van der Waals surface area (Å²) in [5.41, 5.74) is 7.04. The summed E-state index contributed by atoms with van der Waals surface area (Å²) < 4.78 is 11.7. The quantitative estimate of drug-likeness (QED) is 0.312. The Morgan fingerprint density at radius 1 is 0.567 bits per heavy atom. The predicted molar refractivity (Wildman–Crippen MR) is 125 cm³/mol. The molecule has 2 nitrogen and oxygen atoms in total. The van der Waals surface area contributed by atoms with E-state index in [-0.39, 0.29) is 0 Å². The Kier molecular flexibility index (Phi) is 5.94. The van der Waals surface area contributed by atoms with Crippen molar-refractivity contribution < 1.29 is 9.15 Å². The predicted octanol–water partition coefficient (Wildman–Crippen LogP) is 7.70. The van der Waals surface area contributed by atoms with Crippen LogP contribution in [0.25, 0.3) is 33.8 Å². The number of benzene rings is 3. The molecule has 0 spiro atoms. The minimum absolute atomic E-state index is 0.852. The van der Waals surface area contributed by atoms with E-state index >= 15 is 0 Å². The zero-order valence-corrected chi connectivity index (χ0v) is 17.8. The molecule has 0 fully saturated rings. The van der Waals surface area contributed by atoms with E-state index in [1.807, 2.05) is 12.1 Å². The highest BCUT2D eigenvalue weighted by atomic mass is 16.5. The van der Waals surface area contributed by atoms with E-state index in [0.29, 0.717) is 0 Å². The number of aryl methyl sites for hydroxylation is 2. The van der Waals surface area contributed by atoms with Gasteiger partial charge in [-0.1, -0.05) is 50.2 Å². The van der Waals surface area contributed by atoms with Crippen molar-refractivity contribution in [1.82, 2.24) is 0 Å². The molecule has 2 heteroatoms. The van der Waals surface area contributed by atoms with E-state index in [4.69, 9.17) is 9.15 Å². The topological polar surface area (TPSA) is 20.5 Å². The third-order valence-corrected chi connectivity index (χ3v) is 5.51. The van der Waals surface area contributed by atoms with Crippen LogP contribution in [0.1, 0.15) is 25.0 Å². The number of hydrogen-bond acceptors (Lipinski definition) is 1. The Hall–Kier alpha value is -3.39. The third-order valence-electron chi connectivity index (χ3n) is 5.51. The molecule has 4 aromatic rings. The summed E-state index contributed by atoms with van der Waals surface area (Å²) in [4.78, 5) is 0. The van der Waals surface area contributed by atoms with Crippen molar-refractivity contribution in [3.63, 3.8) is 0 Å². The lowest BCUT2D eigenvalue weighted by Crippen LogP contribution is -1.88. The van der Waals surface area contributed by atoms with Gasteiger partial charge in [0, 0.05) is 5.56 Å². The highest BCUT2D eigenvalue weighted by Gasteiger charge is 2.20. The molecule has 0 aliphatic carbocycles. The van der Waals surface area contributed by atoms with Gasteiger partial charge < -0.3 is 4.74 Å². The van der Waals surface area contributed by atoms with Crippen LogP contribution in [0.5, 0.6) is 5.75 Å². The Balaban J connectivity index is 1.83. The molecule has 3 aromatic carbocycles. The van der Waals surface area contributed by atoms with E-state index in [2.05, 4.69) is 86.6 Å². The Labute approximate surface area is 178 Å². The smallest absolute Gasteiger partial charge is 0.361 e. The lowest BCUT2D eigenvalue weighted by atomic mass is 10.0. The number of ether oxygens (including phenoxy) is 1. The van der Waals surface area contributed by atoms with Gasteiger partial charge in [0.05, 0.1) is 30.4 Å². The molecule has 0 radical (unpaired) electrons. The first-order chi connectivity index (χ1) is 14.7. The molecule has 0 bridgehead atoms. The summed E-state index contributed by atoms with van der Waals surface area (Å²) in [6.45, 7) is 4.34. The summed E-state index contributed by atoms with van der Waals surface area (Å²) in [5.74, 6) is 2.58. The maximum atomic E-state index is 6.38. The van der Waals surface area contributed by atoms with Crippen molar-refractivity contribution in [2.45, 2.75) is 26.7 Å². The lowest BCUT2D eigenvalue weighted by molar-refractivity contribution is 0.415. The Morgan fingerprint density at radius 3 is 1.40 bits per heavy atom. The molecular formula is C28H27O2+. The van der Waals surface area contributed by atoms with Crippen LogP contribution in [0, 0.1) is 0 Å². The lowest BCUT2D eigenvalue weighted by Gasteiger charge is -2.05. The van der Waals surface area contributed by atoms with Crippen LogP contribution in [0.4, 0.5) is 0 Å². The molecule has 0 amide bonds. The molecule has 0 saturated heterocycles. The van der Waals surface area contributed by atoms with Gasteiger partial charge in [-0.2, -0.15) is 0 Å². The van der Waals surface area contributed by atoms with Crippen LogP contribution in [0.3, 0.4) is 0 Å². The van der Waals surface area contributed by atoms with Crippen molar-refractivity contribution in [2.75, 3.05) is 7.11 Å². The van der Waals surface area contributed by atoms with Crippen molar-refractivity contribution in [3.05, 3.63) is 96.1 Å². The first-order valence-electron chi connectivity index (χ1n) is 10.5. The molecule has 0 unspecified atom stereocenters. The van der Waals surface area contributed by atoms with E-state index in [0.717, 1.165) is 52.4 Å². The van der Waals surface area contributed by atoms with Gasteiger partial charge in [-0.3, -0.25) is 0 Å². The fourth-order valence-electron chi connectivity index (χ4n) is 3.55. The van der Waals surface area contributed by atoms with Gasteiger partial charge in [-0.25, -0.2) is 4.42 Å². The minimum Gasteiger partial charge on any atom is -0.497 e. The van der Waals surface area contributed by atoms with E-state index < -0.39 is 0 Å². The third kappa shape index (κ3) is 4.28. The molecule has 30 heavy (non-hydrogen) atoms. The van der Waals surface area contributed by atoms with E-state index in [9.17, 15) is 0 Å². The van der Waals surface area contributed by atoms with Crippen molar-refractivity contribution >= 4 is 0 Å². The van der Waals surface area contributed by atoms with Crippen molar-refractivity contribution in [3.8, 4) is 39.5 Å². The molecule has 1 heterocycles. The van der Waals surface area contributed by atoms with Crippen LogP contribution in [-0.4, -0.2) is 7.11 Å². The number of rotatable bonds is 6. The summed E-state index contributed by atoms with van der Waals surface area (Å²) in [6, 6.07) is 29.6. The molecule has 150 valence electrons.